The highest BCUT2D eigenvalue weighted by Crippen LogP contribution is 2.16. The van der Waals surface area contributed by atoms with Crippen LogP contribution in [0.3, 0.4) is 0 Å². The van der Waals surface area contributed by atoms with E-state index >= 15 is 0 Å². The van der Waals surface area contributed by atoms with Crippen LogP contribution in [0.4, 0.5) is 0 Å². The number of amides is 1. The van der Waals surface area contributed by atoms with E-state index in [2.05, 4.69) is 5.32 Å². The molecule has 0 atom stereocenters. The van der Waals surface area contributed by atoms with E-state index in [1.807, 2.05) is 16.7 Å². The Morgan fingerprint density at radius 1 is 1.18 bits per heavy atom. The molecule has 2 aliphatic rings. The van der Waals surface area contributed by atoms with Gasteiger partial charge in [0.2, 0.25) is 5.91 Å². The van der Waals surface area contributed by atoms with Crippen LogP contribution < -0.4 is 5.32 Å². The second-order valence-electron chi connectivity index (χ2n) is 5.03. The van der Waals surface area contributed by atoms with Gasteiger partial charge in [-0.05, 0) is 43.6 Å². The Morgan fingerprint density at radius 3 is 2.59 bits per heavy atom. The molecule has 0 aromatic rings. The van der Waals surface area contributed by atoms with Gasteiger partial charge in [0.15, 0.2) is 0 Å². The van der Waals surface area contributed by atoms with Gasteiger partial charge in [-0.2, -0.15) is 11.8 Å². The predicted molar refractivity (Wildman–Crippen MR) is 73.4 cm³/mol. The number of nitrogens with zero attached hydrogens (tertiary/aromatic N) is 1. The molecule has 0 bridgehead atoms. The summed E-state index contributed by atoms with van der Waals surface area (Å²) in [6.45, 7) is 2.84. The van der Waals surface area contributed by atoms with Crippen molar-refractivity contribution in [1.29, 1.82) is 0 Å². The molecule has 2 rings (SSSR count). The van der Waals surface area contributed by atoms with Crippen molar-refractivity contribution in [2.45, 2.75) is 44.6 Å². The molecule has 0 aromatic heterocycles. The molecule has 2 saturated heterocycles. The molecule has 1 N–H and O–H groups in total. The molecule has 0 spiro atoms. The zero-order valence-corrected chi connectivity index (χ0v) is 11.4. The molecule has 0 radical (unpaired) electrons. The second kappa shape index (κ2) is 7.27. The van der Waals surface area contributed by atoms with Crippen LogP contribution in [0.1, 0.15) is 38.5 Å². The molecule has 98 valence electrons. The van der Waals surface area contributed by atoms with E-state index < -0.39 is 0 Å². The van der Waals surface area contributed by atoms with Crippen molar-refractivity contribution in [3.63, 3.8) is 0 Å². The van der Waals surface area contributed by atoms with Gasteiger partial charge in [0, 0.05) is 32.1 Å². The molecule has 2 fully saturated rings. The normalized spacial score (nSPS) is 22.7. The van der Waals surface area contributed by atoms with E-state index in [4.69, 9.17) is 0 Å². The number of piperidine rings is 1. The summed E-state index contributed by atoms with van der Waals surface area (Å²) >= 11 is 2.05. The minimum atomic E-state index is 0.349. The highest BCUT2D eigenvalue weighted by atomic mass is 32.2. The molecule has 0 aliphatic carbocycles. The van der Waals surface area contributed by atoms with Gasteiger partial charge in [-0.3, -0.25) is 4.79 Å². The van der Waals surface area contributed by atoms with E-state index in [0.717, 1.165) is 19.6 Å². The van der Waals surface area contributed by atoms with Crippen LogP contribution in [0.15, 0.2) is 0 Å². The fourth-order valence-corrected chi connectivity index (χ4v) is 3.69. The molecule has 1 amide bonds. The van der Waals surface area contributed by atoms with Crippen LogP contribution in [0.2, 0.25) is 0 Å². The van der Waals surface area contributed by atoms with Crippen LogP contribution in [0.25, 0.3) is 0 Å². The highest BCUT2D eigenvalue weighted by Gasteiger charge is 2.17. The van der Waals surface area contributed by atoms with E-state index in [9.17, 15) is 4.79 Å². The standard InChI is InChI=1S/C13H24N2OS/c16-13(15-8-2-1-3-9-15)4-7-14-12-5-10-17-11-6-12/h12,14H,1-11H2. The van der Waals surface area contributed by atoms with E-state index in [0.29, 0.717) is 18.4 Å². The molecular weight excluding hydrogens is 232 g/mol. The van der Waals surface area contributed by atoms with Crippen LogP contribution in [0, 0.1) is 0 Å². The Labute approximate surface area is 109 Å². The van der Waals surface area contributed by atoms with Crippen molar-refractivity contribution in [1.82, 2.24) is 10.2 Å². The molecular formula is C13H24N2OS. The van der Waals surface area contributed by atoms with Gasteiger partial charge >= 0.3 is 0 Å². The maximum absolute atomic E-state index is 11.9. The largest absolute Gasteiger partial charge is 0.343 e. The fraction of sp³-hybridized carbons (Fsp3) is 0.923. The number of hydrogen-bond acceptors (Lipinski definition) is 3. The average molecular weight is 256 g/mol. The lowest BCUT2D eigenvalue weighted by atomic mass is 10.1. The van der Waals surface area contributed by atoms with Crippen LogP contribution in [0.5, 0.6) is 0 Å². The van der Waals surface area contributed by atoms with Crippen molar-refractivity contribution < 1.29 is 4.79 Å². The quantitative estimate of drug-likeness (QED) is 0.833. The van der Waals surface area contributed by atoms with Gasteiger partial charge in [-0.15, -0.1) is 0 Å². The number of rotatable bonds is 4. The summed E-state index contributed by atoms with van der Waals surface area (Å²) in [7, 11) is 0. The van der Waals surface area contributed by atoms with E-state index in [1.54, 1.807) is 0 Å². The molecule has 2 heterocycles. The Morgan fingerprint density at radius 2 is 1.88 bits per heavy atom. The number of likely N-dealkylation sites (tertiary alicyclic amines) is 1. The van der Waals surface area contributed by atoms with Crippen LogP contribution >= 0.6 is 11.8 Å². The second-order valence-corrected chi connectivity index (χ2v) is 6.26. The number of carbonyl (C=O) groups excluding carboxylic acids is 1. The lowest BCUT2D eigenvalue weighted by molar-refractivity contribution is -0.132. The Hall–Kier alpha value is -0.220. The molecule has 3 nitrogen and oxygen atoms in total. The SMILES string of the molecule is O=C(CCNC1CCSCC1)N1CCCCC1. The molecule has 4 heteroatoms. The van der Waals surface area contributed by atoms with Crippen molar-refractivity contribution >= 4 is 17.7 Å². The summed E-state index contributed by atoms with van der Waals surface area (Å²) in [6.07, 6.45) is 6.90. The number of hydrogen-bond donors (Lipinski definition) is 1. The summed E-state index contributed by atoms with van der Waals surface area (Å²) in [5.41, 5.74) is 0. The summed E-state index contributed by atoms with van der Waals surface area (Å²) in [4.78, 5) is 14.0. The number of nitrogens with one attached hydrogen (secondary N) is 1. The predicted octanol–water partition coefficient (Wildman–Crippen LogP) is 1.87. The third-order valence-corrected chi connectivity index (χ3v) is 4.75. The van der Waals surface area contributed by atoms with E-state index in [1.165, 1.54) is 43.6 Å². The van der Waals surface area contributed by atoms with Gasteiger partial charge in [-0.25, -0.2) is 0 Å². The monoisotopic (exact) mass is 256 g/mol. The average Bonchev–Trinajstić information content (AvgIpc) is 2.41. The minimum Gasteiger partial charge on any atom is -0.343 e. The molecule has 0 aromatic carbocycles. The molecule has 0 unspecified atom stereocenters. The van der Waals surface area contributed by atoms with Crippen LogP contribution in [-0.2, 0) is 4.79 Å². The van der Waals surface area contributed by atoms with Gasteiger partial charge in [0.25, 0.3) is 0 Å². The molecule has 2 aliphatic heterocycles. The maximum atomic E-state index is 11.9. The summed E-state index contributed by atoms with van der Waals surface area (Å²) < 4.78 is 0. The van der Waals surface area contributed by atoms with Crippen LogP contribution in [-0.4, -0.2) is 48.0 Å². The highest BCUT2D eigenvalue weighted by molar-refractivity contribution is 7.99. The third-order valence-electron chi connectivity index (χ3n) is 3.70. The van der Waals surface area contributed by atoms with Gasteiger partial charge in [-0.1, -0.05) is 0 Å². The van der Waals surface area contributed by atoms with Gasteiger partial charge < -0.3 is 10.2 Å². The Balaban J connectivity index is 1.58. The first-order valence-corrected chi connectivity index (χ1v) is 8.10. The summed E-state index contributed by atoms with van der Waals surface area (Å²) in [5, 5.41) is 3.53. The van der Waals surface area contributed by atoms with Crippen molar-refractivity contribution in [2.24, 2.45) is 0 Å². The lowest BCUT2D eigenvalue weighted by Crippen LogP contribution is -2.39. The maximum Gasteiger partial charge on any atom is 0.223 e. The van der Waals surface area contributed by atoms with Crippen molar-refractivity contribution in [3.05, 3.63) is 0 Å². The zero-order chi connectivity index (χ0) is 11.9. The smallest absolute Gasteiger partial charge is 0.223 e. The summed E-state index contributed by atoms with van der Waals surface area (Å²) in [5.74, 6) is 2.90. The fourth-order valence-electron chi connectivity index (χ4n) is 2.59. The van der Waals surface area contributed by atoms with Gasteiger partial charge in [0.05, 0.1) is 0 Å². The van der Waals surface area contributed by atoms with E-state index in [-0.39, 0.29) is 0 Å². The van der Waals surface area contributed by atoms with Crippen molar-refractivity contribution in [3.8, 4) is 0 Å². The third kappa shape index (κ3) is 4.51. The lowest BCUT2D eigenvalue weighted by Gasteiger charge is -2.27. The molecule has 17 heavy (non-hydrogen) atoms. The Kier molecular flexibility index (Phi) is 5.65. The first-order chi connectivity index (χ1) is 8.36. The number of thioether (sulfide) groups is 1. The first-order valence-electron chi connectivity index (χ1n) is 6.95. The summed E-state index contributed by atoms with van der Waals surface area (Å²) in [6, 6.07) is 0.658. The topological polar surface area (TPSA) is 32.3 Å². The van der Waals surface area contributed by atoms with Gasteiger partial charge in [0.1, 0.15) is 0 Å². The Bertz CT molecular complexity index is 236. The zero-order valence-electron chi connectivity index (χ0n) is 10.6. The molecule has 0 saturated carbocycles. The minimum absolute atomic E-state index is 0.349. The first kappa shape index (κ1) is 13.2. The van der Waals surface area contributed by atoms with Crippen molar-refractivity contribution in [2.75, 3.05) is 31.1 Å². The number of carbonyl (C=O) groups is 1.